The number of hydrogen-bond acceptors (Lipinski definition) is 5. The Kier molecular flexibility index (Phi) is 8.97. The van der Waals surface area contributed by atoms with Crippen LogP contribution in [0.2, 0.25) is 10.0 Å². The molecule has 0 saturated heterocycles. The van der Waals surface area contributed by atoms with E-state index in [4.69, 9.17) is 28.3 Å². The first kappa shape index (κ1) is 31.1. The zero-order valence-electron chi connectivity index (χ0n) is 23.2. The third-order valence-corrected chi connectivity index (χ3v) is 10.6. The van der Waals surface area contributed by atoms with Gasteiger partial charge in [0.25, 0.3) is 10.0 Å². The first-order chi connectivity index (χ1) is 19.3. The summed E-state index contributed by atoms with van der Waals surface area (Å²) < 4.78 is 56.6. The molecule has 0 spiro atoms. The molecule has 11 heteroatoms. The number of halogens is 2. The number of hydrogen-bond donors (Lipinski definition) is 2. The summed E-state index contributed by atoms with van der Waals surface area (Å²) in [5, 5.41) is 17.0. The van der Waals surface area contributed by atoms with Crippen LogP contribution in [0.3, 0.4) is 0 Å². The maximum absolute atomic E-state index is 15.2. The van der Waals surface area contributed by atoms with E-state index in [2.05, 4.69) is 0 Å². The highest BCUT2D eigenvalue weighted by Crippen LogP contribution is 2.46. The van der Waals surface area contributed by atoms with E-state index < -0.39 is 20.0 Å². The van der Waals surface area contributed by atoms with Crippen molar-refractivity contribution in [2.75, 3.05) is 4.31 Å². The van der Waals surface area contributed by atoms with Crippen LogP contribution >= 0.6 is 23.2 Å². The van der Waals surface area contributed by atoms with Gasteiger partial charge < -0.3 is 5.11 Å². The van der Waals surface area contributed by atoms with Crippen molar-refractivity contribution in [2.24, 2.45) is 5.14 Å². The number of sulfonamides is 2. The highest BCUT2D eigenvalue weighted by Gasteiger charge is 2.36. The van der Waals surface area contributed by atoms with E-state index in [1.807, 2.05) is 27.7 Å². The molecule has 7 nitrogen and oxygen atoms in total. The summed E-state index contributed by atoms with van der Waals surface area (Å²) in [5.74, 6) is -0.179. The number of aromatic hydroxyl groups is 1. The molecule has 0 aliphatic rings. The summed E-state index contributed by atoms with van der Waals surface area (Å²) in [6, 6.07) is 13.5. The van der Waals surface area contributed by atoms with Crippen LogP contribution in [-0.2, 0) is 45.7 Å². The third-order valence-electron chi connectivity index (χ3n) is 7.21. The summed E-state index contributed by atoms with van der Waals surface area (Å²) in [6.07, 6.45) is 1.84. The molecule has 4 aromatic carbocycles. The molecule has 0 saturated carbocycles. The number of benzene rings is 4. The lowest BCUT2D eigenvalue weighted by Gasteiger charge is -2.33. The molecule has 0 radical (unpaired) electrons. The number of anilines is 2. The van der Waals surface area contributed by atoms with E-state index in [1.165, 1.54) is 28.6 Å². The lowest BCUT2D eigenvalue weighted by molar-refractivity contribution is 0.476. The molecule has 0 bridgehead atoms. The minimum absolute atomic E-state index is 0.138. The molecule has 0 heterocycles. The quantitative estimate of drug-likeness (QED) is 0.201. The minimum atomic E-state index is -4.61. The van der Waals surface area contributed by atoms with Crippen LogP contribution in [-0.4, -0.2) is 21.9 Å². The van der Waals surface area contributed by atoms with Gasteiger partial charge in [0, 0.05) is 15.4 Å². The van der Waals surface area contributed by atoms with Gasteiger partial charge in [-0.2, -0.15) is 0 Å². The highest BCUT2D eigenvalue weighted by molar-refractivity contribution is 7.93. The average Bonchev–Trinajstić information content (AvgIpc) is 2.92. The minimum Gasteiger partial charge on any atom is -0.508 e. The van der Waals surface area contributed by atoms with Gasteiger partial charge in [0.1, 0.15) is 5.75 Å². The lowest BCUT2D eigenvalue weighted by Crippen LogP contribution is -2.31. The number of phenolic OH excluding ortho intramolecular Hbond substituents is 1. The molecule has 0 fully saturated rings. The van der Waals surface area contributed by atoms with Crippen LogP contribution in [0, 0.1) is 0 Å². The van der Waals surface area contributed by atoms with Gasteiger partial charge in [-0.1, -0.05) is 69.1 Å². The summed E-state index contributed by atoms with van der Waals surface area (Å²) in [7, 11) is -8.91. The second-order valence-electron chi connectivity index (χ2n) is 9.62. The molecule has 4 aromatic rings. The van der Waals surface area contributed by atoms with Gasteiger partial charge in [-0.3, -0.25) is 0 Å². The molecule has 0 atom stereocenters. The first-order valence-electron chi connectivity index (χ1n) is 13.2. The molecule has 3 N–H and O–H groups in total. The summed E-state index contributed by atoms with van der Waals surface area (Å²) in [6.45, 7) is 7.63. The Morgan fingerprint density at radius 3 is 1.68 bits per heavy atom. The molecular weight excluding hydrogens is 603 g/mol. The zero-order chi connectivity index (χ0) is 30.3. The predicted octanol–water partition coefficient (Wildman–Crippen LogP) is 7.28. The van der Waals surface area contributed by atoms with E-state index in [0.29, 0.717) is 58.2 Å². The number of fused-ring (bicyclic) bond motifs is 1. The van der Waals surface area contributed by atoms with Crippen LogP contribution in [0.25, 0.3) is 10.8 Å². The van der Waals surface area contributed by atoms with Crippen LogP contribution < -0.4 is 9.44 Å². The van der Waals surface area contributed by atoms with E-state index in [9.17, 15) is 13.5 Å². The fourth-order valence-corrected chi connectivity index (χ4v) is 8.27. The monoisotopic (exact) mass is 634 g/mol. The molecule has 0 unspecified atom stereocenters. The van der Waals surface area contributed by atoms with Crippen LogP contribution in [0.1, 0.15) is 49.9 Å². The zero-order valence-corrected chi connectivity index (χ0v) is 26.3. The largest absolute Gasteiger partial charge is 0.508 e. The Bertz CT molecular complexity index is 1810. The molecule has 0 aromatic heterocycles. The van der Waals surface area contributed by atoms with Crippen molar-refractivity contribution in [3.8, 4) is 5.75 Å². The summed E-state index contributed by atoms with van der Waals surface area (Å²) in [4.78, 5) is -0.702. The average molecular weight is 636 g/mol. The van der Waals surface area contributed by atoms with Gasteiger partial charge in [0.05, 0.1) is 21.2 Å². The number of nitrogens with two attached hydrogens (primary N) is 1. The molecule has 0 amide bonds. The molecular formula is C30H32Cl2N2O5S2. The van der Waals surface area contributed by atoms with Crippen LogP contribution in [0.15, 0.2) is 64.4 Å². The Morgan fingerprint density at radius 2 is 1.24 bits per heavy atom. The fourth-order valence-electron chi connectivity index (χ4n) is 5.18. The first-order valence-corrected chi connectivity index (χ1v) is 17.0. The standard InChI is InChI=1S/C30H32Cl2N2O5S2/c1-5-18-10-13-26(31)23(7-3)29(18)34(30-19(6-2)11-14-27(32)24(30)8-4)41(38,39)28-17-22(40(33,36)37)15-20-9-12-21(35)16-25(20)28/h9-17,35H,5-8H2,1-4H3,(H2,33,36,37). The van der Waals surface area contributed by atoms with E-state index in [-0.39, 0.29) is 26.3 Å². The van der Waals surface area contributed by atoms with Crippen molar-refractivity contribution >= 4 is 65.4 Å². The van der Waals surface area contributed by atoms with Gasteiger partial charge >= 0.3 is 0 Å². The SMILES string of the molecule is CCc1ccc(Cl)c(CC)c1N(c1c(CC)ccc(Cl)c1CC)S(=O)(=O)c1cc(S(N)(=O)=O)cc2ccc(O)cc12. The van der Waals surface area contributed by atoms with E-state index in [1.54, 1.807) is 24.3 Å². The smallest absolute Gasteiger partial charge is 0.269 e. The molecule has 218 valence electrons. The van der Waals surface area contributed by atoms with Gasteiger partial charge in [-0.15, -0.1) is 0 Å². The molecule has 41 heavy (non-hydrogen) atoms. The summed E-state index contributed by atoms with van der Waals surface area (Å²) in [5.41, 5.74) is 3.48. The number of phenols is 1. The highest BCUT2D eigenvalue weighted by atomic mass is 35.5. The van der Waals surface area contributed by atoms with Gasteiger partial charge in [0.15, 0.2) is 0 Å². The van der Waals surface area contributed by atoms with Crippen molar-refractivity contribution in [3.05, 3.63) is 86.9 Å². The molecule has 4 rings (SSSR count). The number of primary sulfonamides is 1. The third kappa shape index (κ3) is 5.66. The van der Waals surface area contributed by atoms with Crippen molar-refractivity contribution in [1.82, 2.24) is 0 Å². The Balaban J connectivity index is 2.29. The summed E-state index contributed by atoms with van der Waals surface area (Å²) >= 11 is 13.4. The van der Waals surface area contributed by atoms with Gasteiger partial charge in [-0.25, -0.2) is 26.3 Å². The Labute approximate surface area is 251 Å². The normalized spacial score (nSPS) is 12.2. The van der Waals surface area contributed by atoms with Gasteiger partial charge in [-0.05, 0) is 89.7 Å². The number of nitrogens with zero attached hydrogens (tertiary/aromatic N) is 1. The fraction of sp³-hybridized carbons (Fsp3) is 0.267. The lowest BCUT2D eigenvalue weighted by atomic mass is 9.99. The van der Waals surface area contributed by atoms with Crippen LogP contribution in [0.4, 0.5) is 11.4 Å². The Hall–Kier alpha value is -2.82. The van der Waals surface area contributed by atoms with Crippen molar-refractivity contribution in [3.63, 3.8) is 0 Å². The molecule has 0 aliphatic heterocycles. The Morgan fingerprint density at radius 1 is 0.732 bits per heavy atom. The van der Waals surface area contributed by atoms with Gasteiger partial charge in [0.2, 0.25) is 10.0 Å². The maximum atomic E-state index is 15.2. The van der Waals surface area contributed by atoms with Crippen molar-refractivity contribution < 1.29 is 21.9 Å². The maximum Gasteiger partial charge on any atom is 0.269 e. The van der Waals surface area contributed by atoms with Crippen molar-refractivity contribution in [2.45, 2.75) is 63.2 Å². The second kappa shape index (κ2) is 11.8. The topological polar surface area (TPSA) is 118 Å². The second-order valence-corrected chi connectivity index (χ2v) is 13.8. The number of rotatable bonds is 9. The predicted molar refractivity (Wildman–Crippen MR) is 167 cm³/mol. The van der Waals surface area contributed by atoms with E-state index >= 15 is 8.42 Å². The van der Waals surface area contributed by atoms with E-state index in [0.717, 1.165) is 17.2 Å². The van der Waals surface area contributed by atoms with Crippen molar-refractivity contribution in [1.29, 1.82) is 0 Å². The van der Waals surface area contributed by atoms with Crippen LogP contribution in [0.5, 0.6) is 5.75 Å². The number of aryl methyl sites for hydroxylation is 2. The molecule has 0 aliphatic carbocycles.